The second-order valence-electron chi connectivity index (χ2n) is 11.1. The molecule has 1 atom stereocenters. The van der Waals surface area contributed by atoms with Crippen molar-refractivity contribution in [2.45, 2.75) is 103 Å². The number of ether oxygens (including phenoxy) is 1. The van der Waals surface area contributed by atoms with E-state index in [-0.39, 0.29) is 24.3 Å². The Labute approximate surface area is 230 Å². The summed E-state index contributed by atoms with van der Waals surface area (Å²) in [5, 5.41) is 5.87. The highest BCUT2D eigenvalue weighted by Gasteiger charge is 2.30. The predicted molar refractivity (Wildman–Crippen MR) is 156 cm³/mol. The molecule has 2 N–H and O–H groups in total. The Morgan fingerprint density at radius 3 is 1.87 bits per heavy atom. The molecule has 5 nitrogen and oxygen atoms in total. The normalized spacial score (nSPS) is 13.2. The van der Waals surface area contributed by atoms with E-state index < -0.39 is 12.1 Å². The summed E-state index contributed by atoms with van der Waals surface area (Å²) in [4.78, 5) is 25.6. The molecule has 0 fully saturated rings. The summed E-state index contributed by atoms with van der Waals surface area (Å²) < 4.78 is 5.68. The van der Waals surface area contributed by atoms with Gasteiger partial charge in [0.05, 0.1) is 0 Å². The minimum atomic E-state index is -0.589. The van der Waals surface area contributed by atoms with E-state index >= 15 is 0 Å². The van der Waals surface area contributed by atoms with Crippen LogP contribution in [0.3, 0.4) is 0 Å². The lowest BCUT2D eigenvalue weighted by molar-refractivity contribution is -0.123. The Kier molecular flexibility index (Phi) is 12.7. The van der Waals surface area contributed by atoms with Crippen LogP contribution >= 0.6 is 0 Å². The van der Waals surface area contributed by atoms with Crippen LogP contribution in [0.15, 0.2) is 48.5 Å². The minimum Gasteiger partial charge on any atom is -0.449 e. The molecule has 208 valence electrons. The van der Waals surface area contributed by atoms with Gasteiger partial charge in [0, 0.05) is 12.5 Å². The summed E-state index contributed by atoms with van der Waals surface area (Å²) in [6.45, 7) is 7.26. The number of unbranched alkanes of at least 4 members (excludes halogenated alkanes) is 9. The second-order valence-corrected chi connectivity index (χ2v) is 11.1. The van der Waals surface area contributed by atoms with Crippen LogP contribution in [0, 0.1) is 5.92 Å². The highest BCUT2D eigenvalue weighted by Crippen LogP contribution is 2.44. The summed E-state index contributed by atoms with van der Waals surface area (Å²) in [6, 6.07) is 16.0. The number of benzene rings is 2. The standard InChI is InChI=1S/C33H48N2O3/c1-4-5-6-7-8-9-10-11-12-17-22-34-32(36)31(23-25(2)3)35-33(37)38-24-30-28-20-15-13-18-26(28)27-19-14-16-21-29(27)30/h13-16,18-21,25,30-31H,4-12,17,22-24H2,1-3H3,(H,34,36)(H,35,37)/t31-/m0/s1. The van der Waals surface area contributed by atoms with Crippen LogP contribution in [-0.4, -0.2) is 31.2 Å². The molecule has 2 aromatic rings. The van der Waals surface area contributed by atoms with Gasteiger partial charge in [0.2, 0.25) is 5.91 Å². The largest absolute Gasteiger partial charge is 0.449 e. The number of alkyl carbamates (subject to hydrolysis) is 1. The fourth-order valence-corrected chi connectivity index (χ4v) is 5.43. The molecule has 0 radical (unpaired) electrons. The number of fused-ring (bicyclic) bond motifs is 3. The van der Waals surface area contributed by atoms with E-state index in [9.17, 15) is 9.59 Å². The van der Waals surface area contributed by atoms with Gasteiger partial charge in [0.25, 0.3) is 0 Å². The fraction of sp³-hybridized carbons (Fsp3) is 0.576. The highest BCUT2D eigenvalue weighted by molar-refractivity contribution is 5.85. The van der Waals surface area contributed by atoms with Crippen molar-refractivity contribution in [1.82, 2.24) is 10.6 Å². The molecule has 0 bridgehead atoms. The molecule has 0 saturated heterocycles. The van der Waals surface area contributed by atoms with Crippen molar-refractivity contribution in [2.24, 2.45) is 5.92 Å². The Balaban J connectivity index is 1.40. The van der Waals surface area contributed by atoms with Gasteiger partial charge in [-0.15, -0.1) is 0 Å². The first-order valence-electron chi connectivity index (χ1n) is 14.9. The molecule has 3 rings (SSSR count). The number of carbonyl (C=O) groups is 2. The van der Waals surface area contributed by atoms with E-state index in [0.717, 1.165) is 12.8 Å². The molecule has 2 amide bonds. The van der Waals surface area contributed by atoms with Crippen LogP contribution in [0.25, 0.3) is 11.1 Å². The maximum absolute atomic E-state index is 12.9. The van der Waals surface area contributed by atoms with Crippen molar-refractivity contribution in [3.05, 3.63) is 59.7 Å². The smallest absolute Gasteiger partial charge is 0.407 e. The molecular weight excluding hydrogens is 472 g/mol. The molecule has 5 heteroatoms. The molecule has 0 unspecified atom stereocenters. The van der Waals surface area contributed by atoms with Crippen LogP contribution in [0.4, 0.5) is 4.79 Å². The summed E-state index contributed by atoms with van der Waals surface area (Å²) in [6.07, 6.45) is 12.7. The van der Waals surface area contributed by atoms with Crippen molar-refractivity contribution >= 4 is 12.0 Å². The van der Waals surface area contributed by atoms with E-state index in [1.54, 1.807) is 0 Å². The molecule has 2 aromatic carbocycles. The van der Waals surface area contributed by atoms with Crippen LogP contribution in [0.2, 0.25) is 0 Å². The average molecular weight is 521 g/mol. The zero-order valence-corrected chi connectivity index (χ0v) is 23.8. The van der Waals surface area contributed by atoms with Gasteiger partial charge >= 0.3 is 6.09 Å². The molecule has 0 heterocycles. The fourth-order valence-electron chi connectivity index (χ4n) is 5.43. The maximum Gasteiger partial charge on any atom is 0.407 e. The lowest BCUT2D eigenvalue weighted by Gasteiger charge is -2.21. The summed E-state index contributed by atoms with van der Waals surface area (Å²) in [5.74, 6) is 0.155. The van der Waals surface area contributed by atoms with Gasteiger partial charge in [-0.2, -0.15) is 0 Å². The SMILES string of the molecule is CCCCCCCCCCCCNC(=O)[C@H](CC(C)C)NC(=O)OCC1c2ccccc2-c2ccccc21. The van der Waals surface area contributed by atoms with Gasteiger partial charge in [-0.25, -0.2) is 4.79 Å². The van der Waals surface area contributed by atoms with Gasteiger partial charge in [-0.05, 0) is 41.0 Å². The van der Waals surface area contributed by atoms with Crippen molar-refractivity contribution in [3.8, 4) is 11.1 Å². The topological polar surface area (TPSA) is 67.4 Å². The Hall–Kier alpha value is -2.82. The van der Waals surface area contributed by atoms with E-state index in [2.05, 4.69) is 55.7 Å². The monoisotopic (exact) mass is 520 g/mol. The Morgan fingerprint density at radius 1 is 0.789 bits per heavy atom. The Bertz CT molecular complexity index is 958. The number of rotatable bonds is 17. The average Bonchev–Trinajstić information content (AvgIpc) is 3.23. The van der Waals surface area contributed by atoms with Crippen molar-refractivity contribution < 1.29 is 14.3 Å². The third-order valence-corrected chi connectivity index (χ3v) is 7.49. The summed E-state index contributed by atoms with van der Waals surface area (Å²) in [7, 11) is 0. The van der Waals surface area contributed by atoms with E-state index in [1.165, 1.54) is 73.6 Å². The van der Waals surface area contributed by atoms with Crippen LogP contribution in [0.5, 0.6) is 0 Å². The molecule has 0 spiro atoms. The van der Waals surface area contributed by atoms with E-state index in [1.807, 2.05) is 24.3 Å². The van der Waals surface area contributed by atoms with E-state index in [4.69, 9.17) is 4.74 Å². The van der Waals surface area contributed by atoms with Crippen LogP contribution in [0.1, 0.15) is 108 Å². The molecule has 38 heavy (non-hydrogen) atoms. The molecule has 0 aromatic heterocycles. The van der Waals surface area contributed by atoms with Gasteiger partial charge in [0.15, 0.2) is 0 Å². The van der Waals surface area contributed by atoms with Crippen LogP contribution in [-0.2, 0) is 9.53 Å². The third kappa shape index (κ3) is 9.18. The number of carbonyl (C=O) groups excluding carboxylic acids is 2. The third-order valence-electron chi connectivity index (χ3n) is 7.49. The number of nitrogens with one attached hydrogen (secondary N) is 2. The van der Waals surface area contributed by atoms with Crippen molar-refractivity contribution in [2.75, 3.05) is 13.2 Å². The van der Waals surface area contributed by atoms with Gasteiger partial charge in [-0.3, -0.25) is 4.79 Å². The molecular formula is C33H48N2O3. The minimum absolute atomic E-state index is 0.00173. The first-order valence-corrected chi connectivity index (χ1v) is 14.9. The van der Waals surface area contributed by atoms with Crippen molar-refractivity contribution in [1.29, 1.82) is 0 Å². The molecule has 1 aliphatic carbocycles. The summed E-state index contributed by atoms with van der Waals surface area (Å²) in [5.41, 5.74) is 4.74. The second kappa shape index (κ2) is 16.2. The zero-order chi connectivity index (χ0) is 27.2. The Morgan fingerprint density at radius 2 is 1.32 bits per heavy atom. The van der Waals surface area contributed by atoms with Crippen LogP contribution < -0.4 is 10.6 Å². The quantitative estimate of drug-likeness (QED) is 0.208. The molecule has 1 aliphatic rings. The van der Waals surface area contributed by atoms with Gasteiger partial charge < -0.3 is 15.4 Å². The lowest BCUT2D eigenvalue weighted by atomic mass is 9.98. The molecule has 0 aliphatic heterocycles. The lowest BCUT2D eigenvalue weighted by Crippen LogP contribution is -2.48. The van der Waals surface area contributed by atoms with Gasteiger partial charge in [-0.1, -0.05) is 127 Å². The maximum atomic E-state index is 12.9. The predicted octanol–water partition coefficient (Wildman–Crippen LogP) is 7.98. The van der Waals surface area contributed by atoms with E-state index in [0.29, 0.717) is 13.0 Å². The first kappa shape index (κ1) is 29.7. The highest BCUT2D eigenvalue weighted by atomic mass is 16.5. The summed E-state index contributed by atoms with van der Waals surface area (Å²) >= 11 is 0. The van der Waals surface area contributed by atoms with Gasteiger partial charge in [0.1, 0.15) is 12.6 Å². The van der Waals surface area contributed by atoms with Crippen molar-refractivity contribution in [3.63, 3.8) is 0 Å². The zero-order valence-electron chi connectivity index (χ0n) is 23.8. The number of hydrogen-bond donors (Lipinski definition) is 2. The number of amides is 2. The molecule has 0 saturated carbocycles. The first-order chi connectivity index (χ1) is 18.5. The number of hydrogen-bond acceptors (Lipinski definition) is 3.